The molecule has 0 aliphatic heterocycles. The minimum absolute atomic E-state index is 0.0630. The van der Waals surface area contributed by atoms with Gasteiger partial charge in [-0.3, -0.25) is 4.99 Å². The lowest BCUT2D eigenvalue weighted by Crippen LogP contribution is -2.37. The van der Waals surface area contributed by atoms with Crippen molar-refractivity contribution in [1.82, 2.24) is 20.6 Å². The van der Waals surface area contributed by atoms with Crippen LogP contribution in [-0.4, -0.2) is 29.5 Å². The van der Waals surface area contributed by atoms with Gasteiger partial charge < -0.3 is 15.6 Å². The van der Waals surface area contributed by atoms with Gasteiger partial charge in [0.1, 0.15) is 10.8 Å². The fourth-order valence-electron chi connectivity index (χ4n) is 2.79. The van der Waals surface area contributed by atoms with Gasteiger partial charge >= 0.3 is 0 Å². The highest BCUT2D eigenvalue weighted by Gasteiger charge is 2.17. The minimum atomic E-state index is -0.216. The Bertz CT molecular complexity index is 935. The number of nitrogens with one attached hydrogen (secondary N) is 3. The summed E-state index contributed by atoms with van der Waals surface area (Å²) in [5.41, 5.74) is 3.21. The number of H-pyrrole nitrogens is 1. The summed E-state index contributed by atoms with van der Waals surface area (Å²) in [7, 11) is 1.75. The third-order valence-electron chi connectivity index (χ3n) is 4.37. The van der Waals surface area contributed by atoms with Crippen LogP contribution in [0.5, 0.6) is 0 Å². The van der Waals surface area contributed by atoms with Crippen LogP contribution in [0, 0.1) is 5.82 Å². The highest BCUT2D eigenvalue weighted by Crippen LogP contribution is 2.23. The van der Waals surface area contributed by atoms with Gasteiger partial charge in [0.2, 0.25) is 0 Å². The van der Waals surface area contributed by atoms with Crippen molar-refractivity contribution in [2.24, 2.45) is 4.99 Å². The van der Waals surface area contributed by atoms with Crippen molar-refractivity contribution in [3.05, 3.63) is 51.9 Å². The van der Waals surface area contributed by atoms with Crippen LogP contribution in [0.15, 0.2) is 34.8 Å². The molecule has 7 heteroatoms. The predicted molar refractivity (Wildman–Crippen MR) is 111 cm³/mol. The Balaban J connectivity index is 1.52. The maximum absolute atomic E-state index is 13.5. The predicted octanol–water partition coefficient (Wildman–Crippen LogP) is 3.97. The number of rotatable bonds is 5. The molecule has 0 unspecified atom stereocenters. The summed E-state index contributed by atoms with van der Waals surface area (Å²) < 4.78 is 13.5. The quantitative estimate of drug-likeness (QED) is 0.458. The second-order valence-corrected chi connectivity index (χ2v) is 8.43. The smallest absolute Gasteiger partial charge is 0.191 e. The summed E-state index contributed by atoms with van der Waals surface area (Å²) in [5.74, 6) is 0.514. The van der Waals surface area contributed by atoms with Gasteiger partial charge in [-0.15, -0.1) is 11.3 Å². The summed E-state index contributed by atoms with van der Waals surface area (Å²) in [6.07, 6.45) is 2.71. The van der Waals surface area contributed by atoms with E-state index in [4.69, 9.17) is 0 Å². The first-order valence-electron chi connectivity index (χ1n) is 9.02. The van der Waals surface area contributed by atoms with Crippen LogP contribution in [0.3, 0.4) is 0 Å². The third-order valence-corrected chi connectivity index (χ3v) is 5.22. The van der Waals surface area contributed by atoms with Crippen LogP contribution >= 0.6 is 11.3 Å². The van der Waals surface area contributed by atoms with E-state index in [1.807, 2.05) is 6.20 Å². The number of hydrogen-bond donors (Lipinski definition) is 3. The number of nitrogens with zero attached hydrogens (tertiary/aromatic N) is 2. The number of aliphatic imine (C=N–C) groups is 1. The maximum atomic E-state index is 13.5. The molecular weight excluding hydrogens is 361 g/mol. The molecular formula is C20H26FN5S. The van der Waals surface area contributed by atoms with Gasteiger partial charge in [0.25, 0.3) is 0 Å². The van der Waals surface area contributed by atoms with Crippen molar-refractivity contribution >= 4 is 28.2 Å². The van der Waals surface area contributed by atoms with Crippen LogP contribution in [0.25, 0.3) is 10.9 Å². The molecule has 5 nitrogen and oxygen atoms in total. The van der Waals surface area contributed by atoms with E-state index in [9.17, 15) is 4.39 Å². The van der Waals surface area contributed by atoms with Crippen LogP contribution in [0.2, 0.25) is 0 Å². The molecule has 0 fully saturated rings. The molecule has 27 heavy (non-hydrogen) atoms. The van der Waals surface area contributed by atoms with Crippen LogP contribution in [0.1, 0.15) is 37.0 Å². The fraction of sp³-hybridized carbons (Fsp3) is 0.400. The first-order valence-corrected chi connectivity index (χ1v) is 9.89. The maximum Gasteiger partial charge on any atom is 0.191 e. The molecule has 2 aromatic heterocycles. The molecule has 3 rings (SSSR count). The summed E-state index contributed by atoms with van der Waals surface area (Å²) in [6, 6.07) is 4.81. The molecule has 0 radical (unpaired) electrons. The van der Waals surface area contributed by atoms with Crippen molar-refractivity contribution in [2.45, 2.75) is 39.2 Å². The zero-order chi connectivity index (χ0) is 19.4. The number of halogens is 1. The number of thiazole rings is 1. The van der Waals surface area contributed by atoms with Crippen molar-refractivity contribution in [3.63, 3.8) is 0 Å². The molecule has 1 aromatic carbocycles. The fourth-order valence-corrected chi connectivity index (χ4v) is 3.75. The van der Waals surface area contributed by atoms with Crippen molar-refractivity contribution < 1.29 is 4.39 Å². The van der Waals surface area contributed by atoms with Gasteiger partial charge in [0, 0.05) is 41.5 Å². The Morgan fingerprint density at radius 1 is 1.30 bits per heavy atom. The standard InChI is InChI=1S/C20H26FN5S/c1-20(2,3)17-12-27-18(26-17)11-25-19(22-4)23-8-7-13-10-24-16-6-5-14(21)9-15(13)16/h5-6,9-10,12,24H,7-8,11H2,1-4H3,(H2,22,23,25). The van der Waals surface area contributed by atoms with Gasteiger partial charge in [-0.25, -0.2) is 9.37 Å². The highest BCUT2D eigenvalue weighted by atomic mass is 32.1. The minimum Gasteiger partial charge on any atom is -0.361 e. The Hall–Kier alpha value is -2.41. The largest absolute Gasteiger partial charge is 0.361 e. The first-order chi connectivity index (χ1) is 12.9. The lowest BCUT2D eigenvalue weighted by atomic mass is 9.93. The summed E-state index contributed by atoms with van der Waals surface area (Å²) in [5, 5.41) is 10.7. The van der Waals surface area contributed by atoms with Gasteiger partial charge in [-0.05, 0) is 30.2 Å². The van der Waals surface area contributed by atoms with E-state index in [0.29, 0.717) is 13.1 Å². The summed E-state index contributed by atoms with van der Waals surface area (Å²) in [6.45, 7) is 7.83. The molecule has 0 amide bonds. The summed E-state index contributed by atoms with van der Waals surface area (Å²) >= 11 is 1.66. The van der Waals surface area contributed by atoms with Crippen molar-refractivity contribution in [2.75, 3.05) is 13.6 Å². The Morgan fingerprint density at radius 3 is 2.81 bits per heavy atom. The van der Waals surface area contributed by atoms with E-state index in [1.54, 1.807) is 30.5 Å². The number of hydrogen-bond acceptors (Lipinski definition) is 3. The lowest BCUT2D eigenvalue weighted by Gasteiger charge is -2.14. The molecule has 0 saturated heterocycles. The van der Waals surface area contributed by atoms with Crippen LogP contribution < -0.4 is 10.6 Å². The number of guanidine groups is 1. The van der Waals surface area contributed by atoms with E-state index in [2.05, 4.69) is 51.7 Å². The van der Waals surface area contributed by atoms with E-state index in [-0.39, 0.29) is 11.2 Å². The number of benzene rings is 1. The Kier molecular flexibility index (Phi) is 5.79. The van der Waals surface area contributed by atoms with Crippen LogP contribution in [0.4, 0.5) is 4.39 Å². The van der Waals surface area contributed by atoms with E-state index in [1.165, 1.54) is 6.07 Å². The highest BCUT2D eigenvalue weighted by molar-refractivity contribution is 7.09. The average Bonchev–Trinajstić information content (AvgIpc) is 3.25. The van der Waals surface area contributed by atoms with Crippen molar-refractivity contribution in [3.8, 4) is 0 Å². The molecule has 3 aromatic rings. The van der Waals surface area contributed by atoms with E-state index < -0.39 is 0 Å². The van der Waals surface area contributed by atoms with Crippen molar-refractivity contribution in [1.29, 1.82) is 0 Å². The molecule has 0 bridgehead atoms. The normalized spacial score (nSPS) is 12.6. The van der Waals surface area contributed by atoms with Crippen LogP contribution in [-0.2, 0) is 18.4 Å². The summed E-state index contributed by atoms with van der Waals surface area (Å²) in [4.78, 5) is 12.1. The topological polar surface area (TPSA) is 65.1 Å². The third kappa shape index (κ3) is 4.86. The lowest BCUT2D eigenvalue weighted by molar-refractivity contribution is 0.570. The van der Waals surface area contributed by atoms with Gasteiger partial charge in [0.15, 0.2) is 5.96 Å². The molecule has 0 saturated carbocycles. The average molecular weight is 388 g/mol. The molecule has 0 aliphatic rings. The molecule has 2 heterocycles. The first kappa shape index (κ1) is 19.4. The second kappa shape index (κ2) is 8.08. The molecule has 0 spiro atoms. The SMILES string of the molecule is CN=C(NCCc1c[nH]c2ccc(F)cc12)NCc1nc(C(C)(C)C)cs1. The monoisotopic (exact) mass is 387 g/mol. The molecule has 3 N–H and O–H groups in total. The molecule has 0 aliphatic carbocycles. The zero-order valence-electron chi connectivity index (χ0n) is 16.2. The Labute approximate surface area is 163 Å². The number of aromatic amines is 1. The molecule has 144 valence electrons. The van der Waals surface area contributed by atoms with Gasteiger partial charge in [-0.2, -0.15) is 0 Å². The number of aromatic nitrogens is 2. The number of fused-ring (bicyclic) bond motifs is 1. The zero-order valence-corrected chi connectivity index (χ0v) is 17.0. The van der Waals surface area contributed by atoms with E-state index >= 15 is 0 Å². The Morgan fingerprint density at radius 2 is 2.11 bits per heavy atom. The molecule has 0 atom stereocenters. The second-order valence-electron chi connectivity index (χ2n) is 7.48. The van der Waals surface area contributed by atoms with E-state index in [0.717, 1.165) is 39.5 Å². The van der Waals surface area contributed by atoms with Gasteiger partial charge in [0.05, 0.1) is 12.2 Å². The van der Waals surface area contributed by atoms with Gasteiger partial charge in [-0.1, -0.05) is 20.8 Å².